The van der Waals surface area contributed by atoms with Gasteiger partial charge in [0.1, 0.15) is 0 Å². The van der Waals surface area contributed by atoms with Crippen LogP contribution in [0.2, 0.25) is 0 Å². The summed E-state index contributed by atoms with van der Waals surface area (Å²) in [6, 6.07) is -0.108. The number of nitrogens with one attached hydrogen (secondary N) is 1. The van der Waals surface area contributed by atoms with Crippen molar-refractivity contribution in [3.8, 4) is 0 Å². The van der Waals surface area contributed by atoms with Crippen molar-refractivity contribution in [1.82, 2.24) is 10.2 Å². The van der Waals surface area contributed by atoms with Crippen LogP contribution in [0.5, 0.6) is 0 Å². The van der Waals surface area contributed by atoms with E-state index in [2.05, 4.69) is 5.32 Å². The first-order valence-corrected chi connectivity index (χ1v) is 6.72. The van der Waals surface area contributed by atoms with Gasteiger partial charge in [0.15, 0.2) is 0 Å². The van der Waals surface area contributed by atoms with E-state index in [0.717, 1.165) is 19.4 Å². The van der Waals surface area contributed by atoms with Gasteiger partial charge in [0.2, 0.25) is 11.8 Å². The van der Waals surface area contributed by atoms with E-state index in [1.165, 1.54) is 4.90 Å². The Balaban J connectivity index is 1.94. The fourth-order valence-corrected chi connectivity index (χ4v) is 2.76. The largest absolute Gasteiger partial charge is 0.378 e. The summed E-state index contributed by atoms with van der Waals surface area (Å²) in [5, 5.41) is 3.32. The molecule has 2 fully saturated rings. The van der Waals surface area contributed by atoms with Crippen molar-refractivity contribution >= 4 is 11.8 Å². The first kappa shape index (κ1) is 13.5. The molecule has 2 aliphatic rings. The fourth-order valence-electron chi connectivity index (χ4n) is 2.76. The Labute approximate surface area is 108 Å². The first-order valence-electron chi connectivity index (χ1n) is 6.72. The molecular weight excluding hydrogens is 232 g/mol. The van der Waals surface area contributed by atoms with E-state index in [0.29, 0.717) is 6.42 Å². The van der Waals surface area contributed by atoms with Crippen LogP contribution in [0.1, 0.15) is 40.0 Å². The topological polar surface area (TPSA) is 58.6 Å². The molecule has 5 nitrogen and oxygen atoms in total. The molecule has 1 N–H and O–H groups in total. The molecule has 0 aromatic carbocycles. The second-order valence-corrected chi connectivity index (χ2v) is 5.52. The molecule has 0 saturated carbocycles. The third kappa shape index (κ3) is 2.72. The molecule has 102 valence electrons. The Hall–Kier alpha value is -0.940. The lowest BCUT2D eigenvalue weighted by Gasteiger charge is -2.29. The lowest BCUT2D eigenvalue weighted by atomic mass is 10.0. The summed E-state index contributed by atoms with van der Waals surface area (Å²) in [5.41, 5.74) is 0. The third-order valence-electron chi connectivity index (χ3n) is 3.62. The molecule has 2 aliphatic heterocycles. The summed E-state index contributed by atoms with van der Waals surface area (Å²) in [7, 11) is 0. The number of carbonyl (C=O) groups is 2. The average molecular weight is 254 g/mol. The number of nitrogens with zero attached hydrogens (tertiary/aromatic N) is 1. The van der Waals surface area contributed by atoms with Crippen LogP contribution in [-0.4, -0.2) is 47.6 Å². The van der Waals surface area contributed by atoms with E-state index in [-0.39, 0.29) is 36.0 Å². The number of rotatable bonds is 3. The van der Waals surface area contributed by atoms with Gasteiger partial charge < -0.3 is 10.1 Å². The van der Waals surface area contributed by atoms with E-state index in [9.17, 15) is 9.59 Å². The Bertz CT molecular complexity index is 343. The van der Waals surface area contributed by atoms with Gasteiger partial charge in [-0.05, 0) is 33.6 Å². The standard InChI is InChI=1S/C13H22N2O3/c1-8(2)15-12(16)7-11(13(15)17)14-10-4-5-18-9(3)6-10/h8-11,14H,4-7H2,1-3H3. The summed E-state index contributed by atoms with van der Waals surface area (Å²) < 4.78 is 5.48. The Kier molecular flexibility index (Phi) is 4.02. The normalized spacial score (nSPS) is 33.6. The fraction of sp³-hybridized carbons (Fsp3) is 0.846. The summed E-state index contributed by atoms with van der Waals surface area (Å²) in [6.45, 7) is 6.50. The summed E-state index contributed by atoms with van der Waals surface area (Å²) in [4.78, 5) is 25.3. The van der Waals surface area contributed by atoms with Gasteiger partial charge in [-0.15, -0.1) is 0 Å². The smallest absolute Gasteiger partial charge is 0.247 e. The van der Waals surface area contributed by atoms with E-state index >= 15 is 0 Å². The molecule has 2 amide bonds. The Morgan fingerprint density at radius 1 is 1.39 bits per heavy atom. The number of ether oxygens (including phenoxy) is 1. The number of imide groups is 1. The van der Waals surface area contributed by atoms with Crippen LogP contribution in [0, 0.1) is 0 Å². The van der Waals surface area contributed by atoms with Gasteiger partial charge in [0, 0.05) is 18.7 Å². The molecule has 0 aromatic heterocycles. The molecule has 3 unspecified atom stereocenters. The molecule has 0 aromatic rings. The van der Waals surface area contributed by atoms with Crippen molar-refractivity contribution in [2.75, 3.05) is 6.61 Å². The van der Waals surface area contributed by atoms with Crippen molar-refractivity contribution in [3.05, 3.63) is 0 Å². The molecule has 2 rings (SSSR count). The van der Waals surface area contributed by atoms with Crippen LogP contribution in [0.3, 0.4) is 0 Å². The summed E-state index contributed by atoms with van der Waals surface area (Å²) >= 11 is 0. The second-order valence-electron chi connectivity index (χ2n) is 5.52. The molecular formula is C13H22N2O3. The van der Waals surface area contributed by atoms with Crippen LogP contribution in [0.4, 0.5) is 0 Å². The van der Waals surface area contributed by atoms with Gasteiger partial charge in [-0.25, -0.2) is 0 Å². The minimum absolute atomic E-state index is 0.0505. The van der Waals surface area contributed by atoms with Crippen molar-refractivity contribution in [2.45, 2.75) is 64.3 Å². The molecule has 5 heteroatoms. The van der Waals surface area contributed by atoms with Crippen molar-refractivity contribution in [2.24, 2.45) is 0 Å². The zero-order valence-electron chi connectivity index (χ0n) is 11.3. The SMILES string of the molecule is CC1CC(NC2CC(=O)N(C(C)C)C2=O)CCO1. The van der Waals surface area contributed by atoms with Gasteiger partial charge in [0.05, 0.1) is 18.6 Å². The van der Waals surface area contributed by atoms with Gasteiger partial charge in [-0.2, -0.15) is 0 Å². The number of amides is 2. The van der Waals surface area contributed by atoms with Crippen LogP contribution in [0.15, 0.2) is 0 Å². The predicted octanol–water partition coefficient (Wildman–Crippen LogP) is 0.679. The Morgan fingerprint density at radius 3 is 2.67 bits per heavy atom. The molecule has 0 spiro atoms. The van der Waals surface area contributed by atoms with Gasteiger partial charge in [-0.1, -0.05) is 0 Å². The Morgan fingerprint density at radius 2 is 2.11 bits per heavy atom. The highest BCUT2D eigenvalue weighted by molar-refractivity contribution is 6.05. The molecule has 2 heterocycles. The van der Waals surface area contributed by atoms with Crippen LogP contribution >= 0.6 is 0 Å². The average Bonchev–Trinajstić information content (AvgIpc) is 2.54. The first-order chi connectivity index (χ1) is 8.49. The molecule has 0 radical (unpaired) electrons. The maximum absolute atomic E-state index is 12.1. The van der Waals surface area contributed by atoms with E-state index in [1.807, 2.05) is 20.8 Å². The monoisotopic (exact) mass is 254 g/mol. The lowest BCUT2D eigenvalue weighted by molar-refractivity contribution is -0.140. The molecule has 3 atom stereocenters. The molecule has 2 saturated heterocycles. The van der Waals surface area contributed by atoms with E-state index < -0.39 is 0 Å². The summed E-state index contributed by atoms with van der Waals surface area (Å²) in [5.74, 6) is -0.137. The predicted molar refractivity (Wildman–Crippen MR) is 67.0 cm³/mol. The number of hydrogen-bond acceptors (Lipinski definition) is 4. The highest BCUT2D eigenvalue weighted by atomic mass is 16.5. The minimum Gasteiger partial charge on any atom is -0.378 e. The highest BCUT2D eigenvalue weighted by Crippen LogP contribution is 2.20. The number of likely N-dealkylation sites (tertiary alicyclic amines) is 1. The van der Waals surface area contributed by atoms with Gasteiger partial charge in [0.25, 0.3) is 0 Å². The lowest BCUT2D eigenvalue weighted by Crippen LogP contribution is -2.48. The molecule has 18 heavy (non-hydrogen) atoms. The maximum Gasteiger partial charge on any atom is 0.247 e. The van der Waals surface area contributed by atoms with Crippen LogP contribution in [-0.2, 0) is 14.3 Å². The quantitative estimate of drug-likeness (QED) is 0.752. The van der Waals surface area contributed by atoms with Crippen molar-refractivity contribution < 1.29 is 14.3 Å². The van der Waals surface area contributed by atoms with E-state index in [1.54, 1.807) is 0 Å². The molecule has 0 aliphatic carbocycles. The minimum atomic E-state index is -0.338. The van der Waals surface area contributed by atoms with Crippen LogP contribution in [0.25, 0.3) is 0 Å². The third-order valence-corrected chi connectivity index (χ3v) is 3.62. The number of hydrogen-bond donors (Lipinski definition) is 1. The maximum atomic E-state index is 12.1. The van der Waals surface area contributed by atoms with Crippen LogP contribution < -0.4 is 5.32 Å². The van der Waals surface area contributed by atoms with E-state index in [4.69, 9.17) is 4.74 Å². The number of carbonyl (C=O) groups excluding carboxylic acids is 2. The zero-order valence-corrected chi connectivity index (χ0v) is 11.3. The highest BCUT2D eigenvalue weighted by Gasteiger charge is 2.40. The zero-order chi connectivity index (χ0) is 13.3. The van der Waals surface area contributed by atoms with Crippen molar-refractivity contribution in [3.63, 3.8) is 0 Å². The van der Waals surface area contributed by atoms with Crippen molar-refractivity contribution in [1.29, 1.82) is 0 Å². The second kappa shape index (κ2) is 5.36. The van der Waals surface area contributed by atoms with Gasteiger partial charge in [-0.3, -0.25) is 14.5 Å². The summed E-state index contributed by atoms with van der Waals surface area (Å²) in [6.07, 6.45) is 2.33. The van der Waals surface area contributed by atoms with Gasteiger partial charge >= 0.3 is 0 Å². The molecule has 0 bridgehead atoms.